The summed E-state index contributed by atoms with van der Waals surface area (Å²) >= 11 is 17.8. The summed E-state index contributed by atoms with van der Waals surface area (Å²) in [7, 11) is 0. The lowest BCUT2D eigenvalue weighted by Crippen LogP contribution is -2.49. The van der Waals surface area contributed by atoms with Crippen LogP contribution >= 0.6 is 35.4 Å². The van der Waals surface area contributed by atoms with Crippen LogP contribution in [0.25, 0.3) is 0 Å². The lowest BCUT2D eigenvalue weighted by atomic mass is 10.1. The molecule has 3 aromatic rings. The number of nitrogens with zero attached hydrogens (tertiary/aromatic N) is 4. The van der Waals surface area contributed by atoms with Crippen molar-refractivity contribution in [1.82, 2.24) is 19.6 Å². The molecular formula is C23H25Cl2N5S. The molecule has 0 saturated carbocycles. The molecule has 0 amide bonds. The zero-order valence-corrected chi connectivity index (χ0v) is 19.7. The molecule has 2 heterocycles. The maximum Gasteiger partial charge on any atom is 0.174 e. The summed E-state index contributed by atoms with van der Waals surface area (Å²) in [5, 5.41) is 9.82. The van der Waals surface area contributed by atoms with E-state index in [1.54, 1.807) is 0 Å². The lowest BCUT2D eigenvalue weighted by Gasteiger charge is -2.36. The zero-order valence-electron chi connectivity index (χ0n) is 17.4. The Labute approximate surface area is 198 Å². The summed E-state index contributed by atoms with van der Waals surface area (Å²) in [6.07, 6.45) is 1.98. The molecule has 2 aromatic carbocycles. The second-order valence-electron chi connectivity index (χ2n) is 7.77. The Hall–Kier alpha value is -2.12. The number of aromatic nitrogens is 2. The van der Waals surface area contributed by atoms with E-state index >= 15 is 0 Å². The molecule has 162 valence electrons. The van der Waals surface area contributed by atoms with Crippen molar-refractivity contribution in [2.75, 3.05) is 31.5 Å². The van der Waals surface area contributed by atoms with Gasteiger partial charge in [0.25, 0.3) is 0 Å². The fourth-order valence-electron chi connectivity index (χ4n) is 3.67. The van der Waals surface area contributed by atoms with Crippen LogP contribution in [0.5, 0.6) is 0 Å². The highest BCUT2D eigenvalue weighted by atomic mass is 35.5. The van der Waals surface area contributed by atoms with Gasteiger partial charge >= 0.3 is 0 Å². The standard InChI is InChI=1S/C23H25Cl2N5S/c1-17-4-2-3-5-19(17)16-30-9-8-22(27-30)26-23(31)29-12-10-28(11-13-29)15-18-6-7-20(24)21(25)14-18/h2-9,14H,10-13,15-16H2,1H3,(H,26,27,31). The fraction of sp³-hybridized carbons (Fsp3) is 0.304. The van der Waals surface area contributed by atoms with Crippen molar-refractivity contribution in [3.63, 3.8) is 0 Å². The van der Waals surface area contributed by atoms with Crippen molar-refractivity contribution >= 4 is 46.4 Å². The van der Waals surface area contributed by atoms with Gasteiger partial charge in [-0.1, -0.05) is 53.5 Å². The Balaban J connectivity index is 1.27. The summed E-state index contributed by atoms with van der Waals surface area (Å²) in [5.74, 6) is 0.775. The van der Waals surface area contributed by atoms with Gasteiger partial charge < -0.3 is 10.2 Å². The van der Waals surface area contributed by atoms with Gasteiger partial charge in [0.05, 0.1) is 16.6 Å². The quantitative estimate of drug-likeness (QED) is 0.523. The first-order chi connectivity index (χ1) is 15.0. The number of benzene rings is 2. The summed E-state index contributed by atoms with van der Waals surface area (Å²) in [6, 6.07) is 16.1. The van der Waals surface area contributed by atoms with Crippen molar-refractivity contribution in [2.45, 2.75) is 20.0 Å². The molecule has 1 aliphatic rings. The Bertz CT molecular complexity index is 1060. The molecule has 0 spiro atoms. The van der Waals surface area contributed by atoms with Gasteiger partial charge in [-0.2, -0.15) is 5.10 Å². The van der Waals surface area contributed by atoms with Gasteiger partial charge in [-0.25, -0.2) is 0 Å². The zero-order chi connectivity index (χ0) is 21.8. The summed E-state index contributed by atoms with van der Waals surface area (Å²) in [4.78, 5) is 4.59. The van der Waals surface area contributed by atoms with Crippen LogP contribution in [0.3, 0.4) is 0 Å². The van der Waals surface area contributed by atoms with Crippen molar-refractivity contribution in [3.05, 3.63) is 81.5 Å². The van der Waals surface area contributed by atoms with Crippen LogP contribution in [-0.4, -0.2) is 50.9 Å². The van der Waals surface area contributed by atoms with Crippen LogP contribution in [0.4, 0.5) is 5.82 Å². The highest BCUT2D eigenvalue weighted by molar-refractivity contribution is 7.80. The number of nitrogens with one attached hydrogen (secondary N) is 1. The average molecular weight is 474 g/mol. The molecule has 1 fully saturated rings. The molecule has 1 N–H and O–H groups in total. The van der Waals surface area contributed by atoms with Crippen molar-refractivity contribution < 1.29 is 0 Å². The van der Waals surface area contributed by atoms with Crippen LogP contribution in [0, 0.1) is 6.92 Å². The molecule has 0 atom stereocenters. The summed E-state index contributed by atoms with van der Waals surface area (Å²) in [5.41, 5.74) is 3.70. The van der Waals surface area contributed by atoms with Gasteiger partial charge in [0.1, 0.15) is 0 Å². The van der Waals surface area contributed by atoms with Gasteiger partial charge in [0.15, 0.2) is 10.9 Å². The third kappa shape index (κ3) is 5.77. The van der Waals surface area contributed by atoms with Crippen LogP contribution in [0.15, 0.2) is 54.7 Å². The topological polar surface area (TPSA) is 36.3 Å². The minimum Gasteiger partial charge on any atom is -0.346 e. The third-order valence-electron chi connectivity index (χ3n) is 5.52. The normalized spacial score (nSPS) is 14.6. The predicted molar refractivity (Wildman–Crippen MR) is 132 cm³/mol. The van der Waals surface area contributed by atoms with Gasteiger partial charge in [0.2, 0.25) is 0 Å². The van der Waals surface area contributed by atoms with E-state index in [0.717, 1.165) is 50.2 Å². The van der Waals surface area contributed by atoms with Crippen molar-refractivity contribution in [3.8, 4) is 0 Å². The monoisotopic (exact) mass is 473 g/mol. The second kappa shape index (κ2) is 10.0. The minimum atomic E-state index is 0.591. The number of halogens is 2. The first-order valence-electron chi connectivity index (χ1n) is 10.3. The molecular weight excluding hydrogens is 449 g/mol. The third-order valence-corrected chi connectivity index (χ3v) is 6.62. The molecule has 1 aromatic heterocycles. The average Bonchev–Trinajstić information content (AvgIpc) is 3.20. The van der Waals surface area contributed by atoms with E-state index in [4.69, 9.17) is 35.4 Å². The summed E-state index contributed by atoms with van der Waals surface area (Å²) in [6.45, 7) is 7.33. The van der Waals surface area contributed by atoms with E-state index in [1.807, 2.05) is 35.1 Å². The van der Waals surface area contributed by atoms with E-state index in [2.05, 4.69) is 51.4 Å². The fourth-order valence-corrected chi connectivity index (χ4v) is 4.28. The minimum absolute atomic E-state index is 0.591. The molecule has 0 aliphatic carbocycles. The Morgan fingerprint density at radius 1 is 1.00 bits per heavy atom. The van der Waals surface area contributed by atoms with E-state index in [-0.39, 0.29) is 0 Å². The molecule has 8 heteroatoms. The largest absolute Gasteiger partial charge is 0.346 e. The van der Waals surface area contributed by atoms with Gasteiger partial charge in [-0.15, -0.1) is 0 Å². The molecule has 0 radical (unpaired) electrons. The number of hydrogen-bond donors (Lipinski definition) is 1. The second-order valence-corrected chi connectivity index (χ2v) is 8.97. The molecule has 0 bridgehead atoms. The first-order valence-corrected chi connectivity index (χ1v) is 11.4. The van der Waals surface area contributed by atoms with Gasteiger partial charge in [-0.05, 0) is 48.0 Å². The van der Waals surface area contributed by atoms with Crippen LogP contribution in [0.2, 0.25) is 10.0 Å². The molecule has 0 unspecified atom stereocenters. The maximum atomic E-state index is 6.14. The molecule has 1 saturated heterocycles. The Kier molecular flexibility index (Phi) is 7.13. The van der Waals surface area contributed by atoms with E-state index in [9.17, 15) is 0 Å². The van der Waals surface area contributed by atoms with Crippen LogP contribution in [0.1, 0.15) is 16.7 Å². The van der Waals surface area contributed by atoms with Gasteiger partial charge in [-0.3, -0.25) is 9.58 Å². The van der Waals surface area contributed by atoms with Gasteiger partial charge in [0, 0.05) is 45.0 Å². The van der Waals surface area contributed by atoms with E-state index < -0.39 is 0 Å². The lowest BCUT2D eigenvalue weighted by molar-refractivity contribution is 0.177. The number of piperazine rings is 1. The van der Waals surface area contributed by atoms with E-state index in [1.165, 1.54) is 16.7 Å². The first kappa shape index (κ1) is 22.1. The van der Waals surface area contributed by atoms with Crippen LogP contribution in [-0.2, 0) is 13.1 Å². The van der Waals surface area contributed by atoms with Crippen LogP contribution < -0.4 is 5.32 Å². The number of thiocarbonyl (C=S) groups is 1. The predicted octanol–water partition coefficient (Wildman–Crippen LogP) is 5.06. The summed E-state index contributed by atoms with van der Waals surface area (Å²) < 4.78 is 1.93. The highest BCUT2D eigenvalue weighted by Gasteiger charge is 2.19. The Morgan fingerprint density at radius 3 is 2.52 bits per heavy atom. The SMILES string of the molecule is Cc1ccccc1Cn1ccc(NC(=S)N2CCN(Cc3ccc(Cl)c(Cl)c3)CC2)n1. The molecule has 4 rings (SSSR count). The number of rotatable bonds is 5. The smallest absolute Gasteiger partial charge is 0.174 e. The maximum absolute atomic E-state index is 6.14. The number of aryl methyl sites for hydroxylation is 1. The molecule has 5 nitrogen and oxygen atoms in total. The van der Waals surface area contributed by atoms with Crippen molar-refractivity contribution in [2.24, 2.45) is 0 Å². The molecule has 31 heavy (non-hydrogen) atoms. The van der Waals surface area contributed by atoms with E-state index in [0.29, 0.717) is 10.0 Å². The number of anilines is 1. The highest BCUT2D eigenvalue weighted by Crippen LogP contribution is 2.23. The molecule has 1 aliphatic heterocycles. The Morgan fingerprint density at radius 2 is 1.77 bits per heavy atom. The van der Waals surface area contributed by atoms with Crippen molar-refractivity contribution in [1.29, 1.82) is 0 Å². The number of hydrogen-bond acceptors (Lipinski definition) is 3.